The van der Waals surface area contributed by atoms with E-state index in [2.05, 4.69) is 26.0 Å². The summed E-state index contributed by atoms with van der Waals surface area (Å²) in [5.74, 6) is 2.10. The average Bonchev–Trinajstić information content (AvgIpc) is 2.22. The van der Waals surface area contributed by atoms with Gasteiger partial charge in [-0.05, 0) is 55.4 Å². The first-order valence-corrected chi connectivity index (χ1v) is 6.33. The molecule has 0 aliphatic heterocycles. The summed E-state index contributed by atoms with van der Waals surface area (Å²) < 4.78 is 0. The summed E-state index contributed by atoms with van der Waals surface area (Å²) in [5.41, 5.74) is 9.06. The summed E-state index contributed by atoms with van der Waals surface area (Å²) in [4.78, 5) is 0. The molecule has 0 saturated heterocycles. The molecule has 0 fully saturated rings. The largest absolute Gasteiger partial charge is 0.402 e. The van der Waals surface area contributed by atoms with Crippen molar-refractivity contribution in [2.75, 3.05) is 0 Å². The molecule has 0 aromatic heterocycles. The fourth-order valence-electron chi connectivity index (χ4n) is 3.04. The van der Waals surface area contributed by atoms with Crippen LogP contribution in [0.4, 0.5) is 0 Å². The SMILES string of the molecule is CC1C=CCC(C2=C(N)C(C)CCC2)C1. The number of hydrogen-bond donors (Lipinski definition) is 1. The highest BCUT2D eigenvalue weighted by atomic mass is 14.6. The Morgan fingerprint density at radius 1 is 1.33 bits per heavy atom. The van der Waals surface area contributed by atoms with E-state index < -0.39 is 0 Å². The second-order valence-electron chi connectivity index (χ2n) is 5.35. The molecule has 2 aliphatic carbocycles. The standard InChI is InChI=1S/C14H23N/c1-10-5-3-7-12(9-10)13-8-4-6-11(2)14(13)15/h3,5,10-12H,4,6-9,15H2,1-2H3. The van der Waals surface area contributed by atoms with Gasteiger partial charge in [-0.2, -0.15) is 0 Å². The van der Waals surface area contributed by atoms with Crippen LogP contribution in [0.3, 0.4) is 0 Å². The van der Waals surface area contributed by atoms with Gasteiger partial charge in [0, 0.05) is 5.70 Å². The van der Waals surface area contributed by atoms with Gasteiger partial charge >= 0.3 is 0 Å². The predicted octanol–water partition coefficient (Wildman–Crippen LogP) is 3.62. The lowest BCUT2D eigenvalue weighted by atomic mass is 9.76. The first kappa shape index (κ1) is 10.8. The van der Waals surface area contributed by atoms with E-state index in [4.69, 9.17) is 5.73 Å². The van der Waals surface area contributed by atoms with Gasteiger partial charge in [0.15, 0.2) is 0 Å². The summed E-state index contributed by atoms with van der Waals surface area (Å²) >= 11 is 0. The first-order chi connectivity index (χ1) is 7.18. The van der Waals surface area contributed by atoms with Gasteiger partial charge in [0.1, 0.15) is 0 Å². The normalized spacial score (nSPS) is 37.1. The minimum atomic E-state index is 0.620. The van der Waals surface area contributed by atoms with Crippen molar-refractivity contribution in [1.82, 2.24) is 0 Å². The maximum absolute atomic E-state index is 6.25. The van der Waals surface area contributed by atoms with Gasteiger partial charge in [-0.25, -0.2) is 0 Å². The quantitative estimate of drug-likeness (QED) is 0.650. The molecule has 0 spiro atoms. The van der Waals surface area contributed by atoms with Crippen molar-refractivity contribution < 1.29 is 0 Å². The van der Waals surface area contributed by atoms with Crippen LogP contribution in [0, 0.1) is 17.8 Å². The van der Waals surface area contributed by atoms with Crippen molar-refractivity contribution in [3.63, 3.8) is 0 Å². The van der Waals surface area contributed by atoms with Crippen LogP contribution < -0.4 is 5.73 Å². The molecular formula is C14H23N. The van der Waals surface area contributed by atoms with Crippen LogP contribution in [0.15, 0.2) is 23.4 Å². The Morgan fingerprint density at radius 2 is 2.13 bits per heavy atom. The van der Waals surface area contributed by atoms with Gasteiger partial charge in [0.05, 0.1) is 0 Å². The minimum absolute atomic E-state index is 0.620. The maximum Gasteiger partial charge on any atom is 0.0104 e. The molecule has 3 unspecified atom stereocenters. The highest BCUT2D eigenvalue weighted by molar-refractivity contribution is 5.21. The second-order valence-corrected chi connectivity index (χ2v) is 5.35. The van der Waals surface area contributed by atoms with E-state index in [1.165, 1.54) is 37.8 Å². The Balaban J connectivity index is 2.15. The fourth-order valence-corrected chi connectivity index (χ4v) is 3.04. The molecule has 0 aromatic carbocycles. The topological polar surface area (TPSA) is 26.0 Å². The van der Waals surface area contributed by atoms with E-state index in [-0.39, 0.29) is 0 Å². The van der Waals surface area contributed by atoms with Gasteiger partial charge in [-0.1, -0.05) is 26.0 Å². The summed E-state index contributed by atoms with van der Waals surface area (Å²) in [7, 11) is 0. The lowest BCUT2D eigenvalue weighted by Gasteiger charge is -2.31. The number of nitrogens with two attached hydrogens (primary N) is 1. The smallest absolute Gasteiger partial charge is 0.0104 e. The van der Waals surface area contributed by atoms with Crippen LogP contribution in [0.2, 0.25) is 0 Å². The molecule has 0 bridgehead atoms. The molecule has 84 valence electrons. The van der Waals surface area contributed by atoms with E-state index in [1.807, 2.05) is 0 Å². The minimum Gasteiger partial charge on any atom is -0.402 e. The molecule has 2 rings (SSSR count). The summed E-state index contributed by atoms with van der Waals surface area (Å²) in [6.07, 6.45) is 11.1. The van der Waals surface area contributed by atoms with Gasteiger partial charge in [-0.3, -0.25) is 0 Å². The highest BCUT2D eigenvalue weighted by Crippen LogP contribution is 2.37. The van der Waals surface area contributed by atoms with E-state index in [0.717, 1.165) is 11.8 Å². The van der Waals surface area contributed by atoms with E-state index >= 15 is 0 Å². The van der Waals surface area contributed by atoms with Crippen LogP contribution in [0.25, 0.3) is 0 Å². The van der Waals surface area contributed by atoms with E-state index in [1.54, 1.807) is 5.57 Å². The molecule has 1 nitrogen and oxygen atoms in total. The molecule has 1 heteroatoms. The zero-order valence-corrected chi connectivity index (χ0v) is 10.00. The Morgan fingerprint density at radius 3 is 2.87 bits per heavy atom. The Kier molecular flexibility index (Phi) is 3.18. The molecule has 2 N–H and O–H groups in total. The molecule has 3 atom stereocenters. The van der Waals surface area contributed by atoms with Crippen molar-refractivity contribution in [2.45, 2.75) is 46.0 Å². The van der Waals surface area contributed by atoms with Crippen LogP contribution in [0.5, 0.6) is 0 Å². The Labute approximate surface area is 93.4 Å². The molecule has 0 saturated carbocycles. The molecule has 2 aliphatic rings. The van der Waals surface area contributed by atoms with Crippen LogP contribution in [-0.2, 0) is 0 Å². The average molecular weight is 205 g/mol. The number of allylic oxidation sites excluding steroid dienone is 4. The first-order valence-electron chi connectivity index (χ1n) is 6.33. The molecule has 0 aromatic rings. The Hall–Kier alpha value is -0.720. The lowest BCUT2D eigenvalue weighted by Crippen LogP contribution is -2.22. The molecule has 0 amide bonds. The van der Waals surface area contributed by atoms with E-state index in [9.17, 15) is 0 Å². The van der Waals surface area contributed by atoms with Crippen LogP contribution in [0.1, 0.15) is 46.0 Å². The number of hydrogen-bond acceptors (Lipinski definition) is 1. The van der Waals surface area contributed by atoms with Crippen LogP contribution in [-0.4, -0.2) is 0 Å². The predicted molar refractivity (Wildman–Crippen MR) is 65.3 cm³/mol. The Bertz CT molecular complexity index is 288. The fraction of sp³-hybridized carbons (Fsp3) is 0.714. The molecule has 0 radical (unpaired) electrons. The molecule has 15 heavy (non-hydrogen) atoms. The van der Waals surface area contributed by atoms with Gasteiger partial charge < -0.3 is 5.73 Å². The zero-order chi connectivity index (χ0) is 10.8. The van der Waals surface area contributed by atoms with Crippen LogP contribution >= 0.6 is 0 Å². The van der Waals surface area contributed by atoms with Crippen molar-refractivity contribution >= 4 is 0 Å². The zero-order valence-electron chi connectivity index (χ0n) is 10.00. The third-order valence-electron chi connectivity index (χ3n) is 4.02. The molecular weight excluding hydrogens is 182 g/mol. The second kappa shape index (κ2) is 4.42. The number of rotatable bonds is 1. The van der Waals surface area contributed by atoms with Gasteiger partial charge in [0.2, 0.25) is 0 Å². The maximum atomic E-state index is 6.25. The highest BCUT2D eigenvalue weighted by Gasteiger charge is 2.25. The molecule has 0 heterocycles. The summed E-state index contributed by atoms with van der Waals surface area (Å²) in [6.45, 7) is 4.59. The van der Waals surface area contributed by atoms with Crippen molar-refractivity contribution in [3.05, 3.63) is 23.4 Å². The summed E-state index contributed by atoms with van der Waals surface area (Å²) in [6, 6.07) is 0. The van der Waals surface area contributed by atoms with Crippen molar-refractivity contribution in [2.24, 2.45) is 23.5 Å². The van der Waals surface area contributed by atoms with Gasteiger partial charge in [-0.15, -0.1) is 0 Å². The van der Waals surface area contributed by atoms with E-state index in [0.29, 0.717) is 5.92 Å². The third-order valence-corrected chi connectivity index (χ3v) is 4.02. The summed E-state index contributed by atoms with van der Waals surface area (Å²) in [5, 5.41) is 0. The third kappa shape index (κ3) is 2.27. The van der Waals surface area contributed by atoms with Crippen molar-refractivity contribution in [3.8, 4) is 0 Å². The van der Waals surface area contributed by atoms with Crippen molar-refractivity contribution in [1.29, 1.82) is 0 Å². The van der Waals surface area contributed by atoms with Gasteiger partial charge in [0.25, 0.3) is 0 Å². The lowest BCUT2D eigenvalue weighted by molar-refractivity contribution is 0.417. The monoisotopic (exact) mass is 205 g/mol.